The van der Waals surface area contributed by atoms with Crippen LogP contribution in [0.5, 0.6) is 0 Å². The Morgan fingerprint density at radius 2 is 2.20 bits per heavy atom. The Kier molecular flexibility index (Phi) is 4.84. The first-order valence-corrected chi connectivity index (χ1v) is 6.99. The van der Waals surface area contributed by atoms with E-state index in [0.717, 1.165) is 12.2 Å². The molecule has 1 aromatic rings. The third-order valence-corrected chi connectivity index (χ3v) is 3.37. The van der Waals surface area contributed by atoms with Crippen LogP contribution in [0.15, 0.2) is 18.2 Å². The summed E-state index contributed by atoms with van der Waals surface area (Å²) in [7, 11) is 1.69. The van der Waals surface area contributed by atoms with Crippen molar-refractivity contribution >= 4 is 17.3 Å². The number of nitrogen functional groups attached to an aromatic ring is 1. The van der Waals surface area contributed by atoms with Crippen molar-refractivity contribution in [1.82, 2.24) is 0 Å². The minimum atomic E-state index is -0.333. The fourth-order valence-corrected chi connectivity index (χ4v) is 2.23. The largest absolute Gasteiger partial charge is 0.462 e. The summed E-state index contributed by atoms with van der Waals surface area (Å²) in [5, 5.41) is 0. The van der Waals surface area contributed by atoms with Gasteiger partial charge in [0, 0.05) is 19.7 Å². The van der Waals surface area contributed by atoms with E-state index in [9.17, 15) is 4.79 Å². The number of esters is 1. The van der Waals surface area contributed by atoms with E-state index in [4.69, 9.17) is 15.2 Å². The number of methoxy groups -OCH3 is 1. The van der Waals surface area contributed by atoms with E-state index in [-0.39, 0.29) is 5.97 Å². The second-order valence-corrected chi connectivity index (χ2v) is 4.91. The molecule has 0 bridgehead atoms. The standard InChI is InChI=1S/C15H22N2O3/c1-3-20-15(18)11-4-7-14(13(16)10-11)17(8-9-19-2)12-5-6-12/h4,7,10,12H,3,5-6,8-9,16H2,1-2H3. The van der Waals surface area contributed by atoms with Crippen LogP contribution in [0.25, 0.3) is 0 Å². The average molecular weight is 278 g/mol. The molecule has 1 saturated carbocycles. The number of carbonyl (C=O) groups is 1. The zero-order valence-corrected chi connectivity index (χ0v) is 12.1. The Bertz CT molecular complexity index is 472. The average Bonchev–Trinajstić information content (AvgIpc) is 3.25. The lowest BCUT2D eigenvalue weighted by Gasteiger charge is -2.26. The van der Waals surface area contributed by atoms with Gasteiger partial charge in [-0.25, -0.2) is 4.79 Å². The number of hydrogen-bond donors (Lipinski definition) is 1. The summed E-state index contributed by atoms with van der Waals surface area (Å²) in [4.78, 5) is 13.9. The molecule has 20 heavy (non-hydrogen) atoms. The molecule has 2 rings (SSSR count). The topological polar surface area (TPSA) is 64.8 Å². The van der Waals surface area contributed by atoms with Crippen LogP contribution in [-0.4, -0.2) is 38.9 Å². The van der Waals surface area contributed by atoms with E-state index in [1.54, 1.807) is 26.2 Å². The molecular weight excluding hydrogens is 256 g/mol. The van der Waals surface area contributed by atoms with Gasteiger partial charge in [-0.2, -0.15) is 0 Å². The number of nitrogens with two attached hydrogens (primary N) is 1. The van der Waals surface area contributed by atoms with Gasteiger partial charge in [0.2, 0.25) is 0 Å². The first-order valence-electron chi connectivity index (χ1n) is 6.99. The van der Waals surface area contributed by atoms with Gasteiger partial charge >= 0.3 is 5.97 Å². The molecule has 1 fully saturated rings. The second-order valence-electron chi connectivity index (χ2n) is 4.91. The van der Waals surface area contributed by atoms with Crippen molar-refractivity contribution in [2.75, 3.05) is 37.5 Å². The minimum Gasteiger partial charge on any atom is -0.462 e. The normalized spacial score (nSPS) is 14.1. The molecule has 1 aliphatic rings. The summed E-state index contributed by atoms with van der Waals surface area (Å²) in [6.07, 6.45) is 2.37. The SMILES string of the molecule is CCOC(=O)c1ccc(N(CCOC)C2CC2)c(N)c1. The van der Waals surface area contributed by atoms with Crippen LogP contribution in [0.1, 0.15) is 30.1 Å². The molecule has 5 nitrogen and oxygen atoms in total. The van der Waals surface area contributed by atoms with Crippen LogP contribution in [0.4, 0.5) is 11.4 Å². The van der Waals surface area contributed by atoms with E-state index in [2.05, 4.69) is 4.90 Å². The van der Waals surface area contributed by atoms with Crippen molar-refractivity contribution in [1.29, 1.82) is 0 Å². The van der Waals surface area contributed by atoms with Crippen molar-refractivity contribution in [2.24, 2.45) is 0 Å². The highest BCUT2D eigenvalue weighted by Crippen LogP contribution is 2.35. The van der Waals surface area contributed by atoms with Gasteiger partial charge in [-0.15, -0.1) is 0 Å². The second kappa shape index (κ2) is 6.61. The van der Waals surface area contributed by atoms with Gasteiger partial charge < -0.3 is 20.1 Å². The monoisotopic (exact) mass is 278 g/mol. The van der Waals surface area contributed by atoms with Crippen molar-refractivity contribution in [3.63, 3.8) is 0 Å². The van der Waals surface area contributed by atoms with E-state index in [1.165, 1.54) is 12.8 Å². The van der Waals surface area contributed by atoms with Gasteiger partial charge in [0.25, 0.3) is 0 Å². The Morgan fingerprint density at radius 1 is 1.45 bits per heavy atom. The molecule has 0 saturated heterocycles. The molecule has 110 valence electrons. The maximum atomic E-state index is 11.7. The summed E-state index contributed by atoms with van der Waals surface area (Å²) < 4.78 is 10.1. The Labute approximate surface area is 119 Å². The molecule has 0 unspecified atom stereocenters. The fraction of sp³-hybridized carbons (Fsp3) is 0.533. The summed E-state index contributed by atoms with van der Waals surface area (Å²) in [6, 6.07) is 5.90. The van der Waals surface area contributed by atoms with Gasteiger partial charge in [-0.1, -0.05) is 0 Å². The molecule has 0 aromatic heterocycles. The number of hydrogen-bond acceptors (Lipinski definition) is 5. The van der Waals surface area contributed by atoms with Crippen LogP contribution in [-0.2, 0) is 9.47 Å². The lowest BCUT2D eigenvalue weighted by atomic mass is 10.1. The molecule has 5 heteroatoms. The summed E-state index contributed by atoms with van der Waals surface area (Å²) in [5.74, 6) is -0.333. The Balaban J connectivity index is 2.16. The molecule has 1 aliphatic carbocycles. The van der Waals surface area contributed by atoms with E-state index in [1.807, 2.05) is 6.07 Å². The smallest absolute Gasteiger partial charge is 0.338 e. The molecule has 0 atom stereocenters. The van der Waals surface area contributed by atoms with Gasteiger partial charge in [-0.05, 0) is 38.0 Å². The molecule has 0 aliphatic heterocycles. The maximum absolute atomic E-state index is 11.7. The Morgan fingerprint density at radius 3 is 2.75 bits per heavy atom. The van der Waals surface area contributed by atoms with Crippen molar-refractivity contribution in [3.8, 4) is 0 Å². The predicted molar refractivity (Wildman–Crippen MR) is 79.1 cm³/mol. The number of carbonyl (C=O) groups excluding carboxylic acids is 1. The number of rotatable bonds is 7. The zero-order chi connectivity index (χ0) is 14.5. The van der Waals surface area contributed by atoms with Crippen LogP contribution in [0, 0.1) is 0 Å². The molecule has 0 heterocycles. The predicted octanol–water partition coefficient (Wildman–Crippen LogP) is 2.06. The van der Waals surface area contributed by atoms with E-state index in [0.29, 0.717) is 30.5 Å². The van der Waals surface area contributed by atoms with Crippen LogP contribution < -0.4 is 10.6 Å². The van der Waals surface area contributed by atoms with Crippen molar-refractivity contribution in [3.05, 3.63) is 23.8 Å². The van der Waals surface area contributed by atoms with Crippen molar-refractivity contribution < 1.29 is 14.3 Å². The van der Waals surface area contributed by atoms with E-state index >= 15 is 0 Å². The highest BCUT2D eigenvalue weighted by atomic mass is 16.5. The highest BCUT2D eigenvalue weighted by molar-refractivity contribution is 5.92. The third-order valence-electron chi connectivity index (χ3n) is 3.37. The zero-order valence-electron chi connectivity index (χ0n) is 12.1. The molecule has 0 radical (unpaired) electrons. The summed E-state index contributed by atoms with van der Waals surface area (Å²) in [6.45, 7) is 3.62. The number of nitrogens with zero attached hydrogens (tertiary/aromatic N) is 1. The number of ether oxygens (including phenoxy) is 2. The fourth-order valence-electron chi connectivity index (χ4n) is 2.23. The molecule has 0 amide bonds. The Hall–Kier alpha value is -1.75. The first kappa shape index (κ1) is 14.7. The highest BCUT2D eigenvalue weighted by Gasteiger charge is 2.30. The summed E-state index contributed by atoms with van der Waals surface area (Å²) >= 11 is 0. The maximum Gasteiger partial charge on any atom is 0.338 e. The first-order chi connectivity index (χ1) is 9.67. The van der Waals surface area contributed by atoms with Crippen molar-refractivity contribution in [2.45, 2.75) is 25.8 Å². The lowest BCUT2D eigenvalue weighted by molar-refractivity contribution is 0.0526. The molecular formula is C15H22N2O3. The van der Waals surface area contributed by atoms with E-state index < -0.39 is 0 Å². The summed E-state index contributed by atoms with van der Waals surface area (Å²) in [5.41, 5.74) is 8.18. The van der Waals surface area contributed by atoms with Crippen LogP contribution >= 0.6 is 0 Å². The number of anilines is 2. The lowest BCUT2D eigenvalue weighted by Crippen LogP contribution is -2.30. The van der Waals surface area contributed by atoms with Gasteiger partial charge in [0.15, 0.2) is 0 Å². The van der Waals surface area contributed by atoms with Crippen LogP contribution in [0.2, 0.25) is 0 Å². The number of benzene rings is 1. The molecule has 2 N–H and O–H groups in total. The molecule has 0 spiro atoms. The van der Waals surface area contributed by atoms with Crippen LogP contribution in [0.3, 0.4) is 0 Å². The van der Waals surface area contributed by atoms with Gasteiger partial charge in [0.05, 0.1) is 30.2 Å². The molecule has 1 aromatic carbocycles. The van der Waals surface area contributed by atoms with Gasteiger partial charge in [-0.3, -0.25) is 0 Å². The minimum absolute atomic E-state index is 0.333. The quantitative estimate of drug-likeness (QED) is 0.611. The third kappa shape index (κ3) is 3.42. The van der Waals surface area contributed by atoms with Gasteiger partial charge in [0.1, 0.15) is 0 Å².